The van der Waals surface area contributed by atoms with Crippen molar-refractivity contribution in [2.75, 3.05) is 6.61 Å². The van der Waals surface area contributed by atoms with E-state index in [4.69, 9.17) is 4.74 Å². The summed E-state index contributed by atoms with van der Waals surface area (Å²) < 4.78 is 5.56. The lowest BCUT2D eigenvalue weighted by Crippen LogP contribution is -1.92. The van der Waals surface area contributed by atoms with Crippen molar-refractivity contribution in [3.8, 4) is 5.75 Å². The fourth-order valence-electron chi connectivity index (χ4n) is 1.82. The van der Waals surface area contributed by atoms with E-state index < -0.39 is 0 Å². The van der Waals surface area contributed by atoms with Gasteiger partial charge in [0.25, 0.3) is 0 Å². The van der Waals surface area contributed by atoms with E-state index in [1.54, 1.807) is 6.08 Å². The molecule has 0 radical (unpaired) electrons. The highest BCUT2D eigenvalue weighted by Crippen LogP contribution is 2.29. The molecule has 2 aromatic rings. The van der Waals surface area contributed by atoms with Crippen LogP contribution >= 0.6 is 0 Å². The van der Waals surface area contributed by atoms with E-state index in [1.807, 2.05) is 38.1 Å². The van der Waals surface area contributed by atoms with E-state index in [2.05, 4.69) is 23.7 Å². The predicted molar refractivity (Wildman–Crippen MR) is 78.1 cm³/mol. The number of hydrogen-bond acceptors (Lipinski definition) is 2. The lowest BCUT2D eigenvalue weighted by molar-refractivity contribution is 0.364. The molecule has 0 aliphatic carbocycles. The molecule has 0 atom stereocenters. The molecule has 2 rings (SSSR count). The smallest absolute Gasteiger partial charge is 0.120 e. The molecular weight excluding hydrogens is 222 g/mol. The van der Waals surface area contributed by atoms with Crippen LogP contribution in [0.4, 0.5) is 5.69 Å². The van der Waals surface area contributed by atoms with Gasteiger partial charge < -0.3 is 4.74 Å². The van der Waals surface area contributed by atoms with Gasteiger partial charge in [0, 0.05) is 11.1 Å². The van der Waals surface area contributed by atoms with Crippen molar-refractivity contribution in [2.24, 2.45) is 4.99 Å². The number of nitrogens with zero attached hydrogens (tertiary/aromatic N) is 1. The number of hydrogen-bond donors (Lipinski definition) is 0. The Morgan fingerprint density at radius 3 is 2.83 bits per heavy atom. The van der Waals surface area contributed by atoms with Gasteiger partial charge in [-0.1, -0.05) is 30.9 Å². The van der Waals surface area contributed by atoms with Crippen LogP contribution in [0.25, 0.3) is 10.8 Å². The summed E-state index contributed by atoms with van der Waals surface area (Å²) in [6.07, 6.45) is 1.74. The monoisotopic (exact) mass is 239 g/mol. The van der Waals surface area contributed by atoms with Gasteiger partial charge in [0.1, 0.15) is 12.4 Å². The van der Waals surface area contributed by atoms with Crippen molar-refractivity contribution < 1.29 is 4.74 Å². The summed E-state index contributed by atoms with van der Waals surface area (Å²) >= 11 is 0. The highest BCUT2D eigenvalue weighted by molar-refractivity contribution is 5.96. The third-order valence-corrected chi connectivity index (χ3v) is 2.54. The Morgan fingerprint density at radius 2 is 2.11 bits per heavy atom. The summed E-state index contributed by atoms with van der Waals surface area (Å²) in [6, 6.07) is 12.2. The summed E-state index contributed by atoms with van der Waals surface area (Å²) in [4.78, 5) is 4.55. The number of rotatable bonds is 4. The Bertz CT molecular complexity index is 595. The Kier molecular flexibility index (Phi) is 3.78. The van der Waals surface area contributed by atoms with Gasteiger partial charge in [0.05, 0.1) is 5.69 Å². The van der Waals surface area contributed by atoms with Crippen LogP contribution in [-0.2, 0) is 0 Å². The molecule has 0 aromatic heterocycles. The second-order valence-electron chi connectivity index (χ2n) is 4.32. The van der Waals surface area contributed by atoms with E-state index >= 15 is 0 Å². The fraction of sp³-hybridized carbons (Fsp3) is 0.188. The second-order valence-corrected chi connectivity index (χ2v) is 4.32. The van der Waals surface area contributed by atoms with E-state index in [9.17, 15) is 0 Å². The molecule has 0 aliphatic heterocycles. The minimum Gasteiger partial charge on any atom is -0.490 e. The van der Waals surface area contributed by atoms with Crippen LogP contribution < -0.4 is 4.74 Å². The van der Waals surface area contributed by atoms with Crippen molar-refractivity contribution in [3.63, 3.8) is 0 Å². The van der Waals surface area contributed by atoms with Crippen LogP contribution in [0.5, 0.6) is 5.75 Å². The molecule has 2 nitrogen and oxygen atoms in total. The normalized spacial score (nSPS) is 10.1. The topological polar surface area (TPSA) is 21.6 Å². The van der Waals surface area contributed by atoms with Gasteiger partial charge in [-0.15, -0.1) is 0 Å². The highest BCUT2D eigenvalue weighted by atomic mass is 16.5. The Balaban J connectivity index is 2.51. The number of fused-ring (bicyclic) bond motifs is 1. The van der Waals surface area contributed by atoms with E-state index in [-0.39, 0.29) is 0 Å². The maximum Gasteiger partial charge on any atom is 0.120 e. The summed E-state index contributed by atoms with van der Waals surface area (Å²) in [5, 5.41) is 2.28. The summed E-state index contributed by atoms with van der Waals surface area (Å²) in [7, 11) is 0. The molecule has 0 unspecified atom stereocenters. The number of aliphatic imine (C=N–C) groups is 1. The molecule has 2 heteroatoms. The maximum absolute atomic E-state index is 5.56. The molecule has 0 saturated carbocycles. The van der Waals surface area contributed by atoms with Gasteiger partial charge in [0.15, 0.2) is 0 Å². The zero-order valence-corrected chi connectivity index (χ0v) is 10.8. The number of benzene rings is 2. The van der Waals surface area contributed by atoms with Gasteiger partial charge in [-0.3, -0.25) is 4.99 Å². The van der Waals surface area contributed by atoms with Crippen LogP contribution in [0.2, 0.25) is 0 Å². The van der Waals surface area contributed by atoms with Crippen molar-refractivity contribution in [1.82, 2.24) is 0 Å². The van der Waals surface area contributed by atoms with Gasteiger partial charge in [0.2, 0.25) is 0 Å². The molecule has 0 aliphatic rings. The molecule has 0 heterocycles. The van der Waals surface area contributed by atoms with Crippen LogP contribution in [0.3, 0.4) is 0 Å². The van der Waals surface area contributed by atoms with Crippen LogP contribution in [0, 0.1) is 0 Å². The van der Waals surface area contributed by atoms with E-state index in [0.29, 0.717) is 6.61 Å². The summed E-state index contributed by atoms with van der Waals surface area (Å²) in [6.45, 7) is 8.16. The largest absolute Gasteiger partial charge is 0.490 e. The first-order valence-corrected chi connectivity index (χ1v) is 5.99. The molecule has 0 amide bonds. The lowest BCUT2D eigenvalue weighted by Gasteiger charge is -2.07. The van der Waals surface area contributed by atoms with Gasteiger partial charge >= 0.3 is 0 Å². The molecule has 0 bridgehead atoms. The second kappa shape index (κ2) is 5.50. The van der Waals surface area contributed by atoms with E-state index in [1.165, 1.54) is 5.39 Å². The molecular formula is C16H17NO. The average Bonchev–Trinajstić information content (AvgIpc) is 2.36. The zero-order chi connectivity index (χ0) is 13.0. The standard InChI is InChI=1S/C16H17NO/c1-4-10-18-14-9-8-13-6-5-7-16(15(13)11-14)17-12(2)3/h4-9,11H,1,10H2,2-3H3. The summed E-state index contributed by atoms with van der Waals surface area (Å²) in [5.74, 6) is 0.846. The Hall–Kier alpha value is -2.09. The zero-order valence-electron chi connectivity index (χ0n) is 10.8. The lowest BCUT2D eigenvalue weighted by atomic mass is 10.1. The predicted octanol–water partition coefficient (Wildman–Crippen LogP) is 4.52. The highest BCUT2D eigenvalue weighted by Gasteiger charge is 2.02. The van der Waals surface area contributed by atoms with Gasteiger partial charge in [-0.05, 0) is 37.4 Å². The van der Waals surface area contributed by atoms with E-state index in [0.717, 1.165) is 22.5 Å². The van der Waals surface area contributed by atoms with Crippen molar-refractivity contribution in [3.05, 3.63) is 49.1 Å². The van der Waals surface area contributed by atoms with Crippen LogP contribution in [0.15, 0.2) is 54.0 Å². The first-order valence-electron chi connectivity index (χ1n) is 5.99. The first-order chi connectivity index (χ1) is 8.70. The minimum absolute atomic E-state index is 0.518. The van der Waals surface area contributed by atoms with Crippen molar-refractivity contribution in [1.29, 1.82) is 0 Å². The summed E-state index contributed by atoms with van der Waals surface area (Å²) in [5.41, 5.74) is 2.02. The van der Waals surface area contributed by atoms with Crippen LogP contribution in [0.1, 0.15) is 13.8 Å². The number of ether oxygens (including phenoxy) is 1. The minimum atomic E-state index is 0.518. The third-order valence-electron chi connectivity index (χ3n) is 2.54. The average molecular weight is 239 g/mol. The van der Waals surface area contributed by atoms with Crippen molar-refractivity contribution >= 4 is 22.2 Å². The van der Waals surface area contributed by atoms with Crippen molar-refractivity contribution in [2.45, 2.75) is 13.8 Å². The first kappa shape index (κ1) is 12.4. The third kappa shape index (κ3) is 2.77. The molecule has 0 saturated heterocycles. The fourth-order valence-corrected chi connectivity index (χ4v) is 1.82. The molecule has 0 fully saturated rings. The van der Waals surface area contributed by atoms with Gasteiger partial charge in [-0.25, -0.2) is 0 Å². The SMILES string of the molecule is C=CCOc1ccc2cccc(N=C(C)C)c2c1. The molecule has 0 spiro atoms. The van der Waals surface area contributed by atoms with Gasteiger partial charge in [-0.2, -0.15) is 0 Å². The Labute approximate surface area is 108 Å². The molecule has 18 heavy (non-hydrogen) atoms. The maximum atomic E-state index is 5.56. The molecule has 92 valence electrons. The molecule has 2 aromatic carbocycles. The Morgan fingerprint density at radius 1 is 1.28 bits per heavy atom. The quantitative estimate of drug-likeness (QED) is 0.568. The van der Waals surface area contributed by atoms with Crippen LogP contribution in [-0.4, -0.2) is 12.3 Å². The molecule has 0 N–H and O–H groups in total.